The fourth-order valence-corrected chi connectivity index (χ4v) is 2.95. The predicted octanol–water partition coefficient (Wildman–Crippen LogP) is 2.29. The molecule has 1 fully saturated rings. The largest absolute Gasteiger partial charge is 0.352 e. The van der Waals surface area contributed by atoms with Crippen molar-refractivity contribution in [3.63, 3.8) is 0 Å². The first-order valence-electron chi connectivity index (χ1n) is 8.42. The van der Waals surface area contributed by atoms with Crippen LogP contribution in [0, 0.1) is 12.7 Å². The summed E-state index contributed by atoms with van der Waals surface area (Å²) in [6.07, 6.45) is 0. The Labute approximate surface area is 150 Å². The summed E-state index contributed by atoms with van der Waals surface area (Å²) in [4.78, 5) is 8.61. The van der Waals surface area contributed by atoms with Gasteiger partial charge in [0, 0.05) is 31.6 Å². The molecular weight excluding hydrogens is 335 g/mol. The third kappa shape index (κ3) is 3.41. The molecule has 0 bridgehead atoms. The molecule has 0 atom stereocenters. The minimum atomic E-state index is -0.259. The number of anilines is 1. The molecule has 0 spiro atoms. The molecule has 1 aliphatic rings. The Hall–Kier alpha value is -2.87. The van der Waals surface area contributed by atoms with Crippen molar-refractivity contribution < 1.29 is 8.91 Å². The maximum atomic E-state index is 13.0. The van der Waals surface area contributed by atoms with E-state index in [1.165, 1.54) is 12.1 Å². The van der Waals surface area contributed by atoms with Gasteiger partial charge in [0.1, 0.15) is 5.82 Å². The van der Waals surface area contributed by atoms with E-state index >= 15 is 0 Å². The Morgan fingerprint density at radius 2 is 1.92 bits per heavy atom. The number of likely N-dealkylation sites (N-methyl/N-ethyl adjacent to an activating group) is 1. The minimum absolute atomic E-state index is 0.259. The molecule has 2 aromatic heterocycles. The molecule has 4 rings (SSSR count). The first kappa shape index (κ1) is 16.6. The zero-order valence-corrected chi connectivity index (χ0v) is 14.6. The van der Waals surface area contributed by atoms with Crippen LogP contribution in [0.15, 0.2) is 40.9 Å². The van der Waals surface area contributed by atoms with E-state index < -0.39 is 0 Å². The molecule has 0 N–H and O–H groups in total. The Bertz CT molecular complexity index is 873. The van der Waals surface area contributed by atoms with Gasteiger partial charge in [-0.3, -0.25) is 4.90 Å². The van der Waals surface area contributed by atoms with E-state index in [9.17, 15) is 4.39 Å². The van der Waals surface area contributed by atoms with Crippen molar-refractivity contribution in [2.45, 2.75) is 19.5 Å². The van der Waals surface area contributed by atoms with Gasteiger partial charge < -0.3 is 9.42 Å². The van der Waals surface area contributed by atoms with Gasteiger partial charge in [0.2, 0.25) is 5.89 Å². The smallest absolute Gasteiger partial charge is 0.223 e. The number of aryl methyl sites for hydroxylation is 1. The highest BCUT2D eigenvalue weighted by Crippen LogP contribution is 2.23. The molecule has 3 aromatic rings. The number of hydrogen-bond acceptors (Lipinski definition) is 7. The normalized spacial score (nSPS) is 14.7. The lowest BCUT2D eigenvalue weighted by Gasteiger charge is -2.44. The predicted molar refractivity (Wildman–Crippen MR) is 93.9 cm³/mol. The van der Waals surface area contributed by atoms with E-state index in [0.29, 0.717) is 24.3 Å². The van der Waals surface area contributed by atoms with Crippen molar-refractivity contribution in [1.82, 2.24) is 25.2 Å². The fourth-order valence-electron chi connectivity index (χ4n) is 2.95. The molecule has 0 unspecified atom stereocenters. The quantitative estimate of drug-likeness (QED) is 0.696. The molecule has 8 heteroatoms. The average Bonchev–Trinajstić information content (AvgIpc) is 3.00. The standard InChI is InChI=1S/C18H19FN6O/c1-12-20-17(23-26-12)11-24(2)15-9-25(10-15)18-8-7-16(21-22-18)13-3-5-14(19)6-4-13/h3-8,15H,9-11H2,1-2H3. The summed E-state index contributed by atoms with van der Waals surface area (Å²) in [6, 6.07) is 10.5. The number of rotatable bonds is 5. The Kier molecular flexibility index (Phi) is 4.34. The van der Waals surface area contributed by atoms with Crippen LogP contribution in [0.4, 0.5) is 10.2 Å². The molecule has 0 amide bonds. The van der Waals surface area contributed by atoms with Crippen LogP contribution in [0.5, 0.6) is 0 Å². The molecule has 0 radical (unpaired) electrons. The number of benzene rings is 1. The lowest BCUT2D eigenvalue weighted by atomic mass is 10.1. The zero-order chi connectivity index (χ0) is 18.1. The van der Waals surface area contributed by atoms with Crippen LogP contribution in [0.1, 0.15) is 11.7 Å². The maximum Gasteiger partial charge on any atom is 0.223 e. The van der Waals surface area contributed by atoms with Crippen LogP contribution in [0.2, 0.25) is 0 Å². The number of halogens is 1. The minimum Gasteiger partial charge on any atom is -0.352 e. The van der Waals surface area contributed by atoms with E-state index in [2.05, 4.69) is 37.2 Å². The second-order valence-corrected chi connectivity index (χ2v) is 6.49. The van der Waals surface area contributed by atoms with Gasteiger partial charge in [-0.2, -0.15) is 4.98 Å². The molecule has 26 heavy (non-hydrogen) atoms. The maximum absolute atomic E-state index is 13.0. The molecule has 134 valence electrons. The number of hydrogen-bond donors (Lipinski definition) is 0. The summed E-state index contributed by atoms with van der Waals surface area (Å²) in [5.41, 5.74) is 1.58. The van der Waals surface area contributed by atoms with Gasteiger partial charge in [-0.05, 0) is 43.4 Å². The summed E-state index contributed by atoms with van der Waals surface area (Å²) in [7, 11) is 2.05. The monoisotopic (exact) mass is 354 g/mol. The Morgan fingerprint density at radius 1 is 1.15 bits per heavy atom. The summed E-state index contributed by atoms with van der Waals surface area (Å²) < 4.78 is 18.0. The van der Waals surface area contributed by atoms with Gasteiger partial charge in [-0.15, -0.1) is 10.2 Å². The molecular formula is C18H19FN6O. The van der Waals surface area contributed by atoms with E-state index in [0.717, 1.165) is 30.2 Å². The number of aromatic nitrogens is 4. The SMILES string of the molecule is Cc1nc(CN(C)C2CN(c3ccc(-c4ccc(F)cc4)nn3)C2)no1. The van der Waals surface area contributed by atoms with Crippen molar-refractivity contribution in [2.24, 2.45) is 0 Å². The molecule has 1 saturated heterocycles. The molecule has 1 aliphatic heterocycles. The highest BCUT2D eigenvalue weighted by molar-refractivity contribution is 5.59. The second-order valence-electron chi connectivity index (χ2n) is 6.49. The highest BCUT2D eigenvalue weighted by atomic mass is 19.1. The van der Waals surface area contributed by atoms with E-state index in [4.69, 9.17) is 4.52 Å². The number of nitrogens with zero attached hydrogens (tertiary/aromatic N) is 6. The molecule has 1 aromatic carbocycles. The van der Waals surface area contributed by atoms with Crippen LogP contribution >= 0.6 is 0 Å². The van der Waals surface area contributed by atoms with Crippen LogP contribution in [0.25, 0.3) is 11.3 Å². The zero-order valence-electron chi connectivity index (χ0n) is 14.6. The first-order valence-corrected chi connectivity index (χ1v) is 8.42. The van der Waals surface area contributed by atoms with Gasteiger partial charge in [0.05, 0.1) is 12.2 Å². The van der Waals surface area contributed by atoms with Crippen molar-refractivity contribution in [3.05, 3.63) is 53.9 Å². The third-order valence-corrected chi connectivity index (χ3v) is 4.56. The van der Waals surface area contributed by atoms with Gasteiger partial charge >= 0.3 is 0 Å². The van der Waals surface area contributed by atoms with Gasteiger partial charge in [0.25, 0.3) is 0 Å². The van der Waals surface area contributed by atoms with E-state index in [1.807, 2.05) is 12.1 Å². The van der Waals surface area contributed by atoms with E-state index in [1.54, 1.807) is 19.1 Å². The average molecular weight is 354 g/mol. The van der Waals surface area contributed by atoms with Crippen molar-refractivity contribution in [2.75, 3.05) is 25.0 Å². The van der Waals surface area contributed by atoms with Crippen LogP contribution < -0.4 is 4.90 Å². The molecule has 0 aliphatic carbocycles. The van der Waals surface area contributed by atoms with Crippen LogP contribution in [-0.4, -0.2) is 51.4 Å². The molecule has 0 saturated carbocycles. The summed E-state index contributed by atoms with van der Waals surface area (Å²) in [6.45, 7) is 4.19. The highest BCUT2D eigenvalue weighted by Gasteiger charge is 2.31. The summed E-state index contributed by atoms with van der Waals surface area (Å²) in [5.74, 6) is 1.87. The molecule has 3 heterocycles. The fraction of sp³-hybridized carbons (Fsp3) is 0.333. The van der Waals surface area contributed by atoms with Gasteiger partial charge in [-0.1, -0.05) is 5.16 Å². The summed E-state index contributed by atoms with van der Waals surface area (Å²) in [5, 5.41) is 12.5. The Morgan fingerprint density at radius 3 is 2.54 bits per heavy atom. The third-order valence-electron chi connectivity index (χ3n) is 4.56. The van der Waals surface area contributed by atoms with Gasteiger partial charge in [-0.25, -0.2) is 4.39 Å². The summed E-state index contributed by atoms with van der Waals surface area (Å²) >= 11 is 0. The van der Waals surface area contributed by atoms with E-state index in [-0.39, 0.29) is 5.82 Å². The Balaban J connectivity index is 1.34. The van der Waals surface area contributed by atoms with Crippen LogP contribution in [0.3, 0.4) is 0 Å². The topological polar surface area (TPSA) is 71.2 Å². The van der Waals surface area contributed by atoms with Crippen LogP contribution in [-0.2, 0) is 6.54 Å². The van der Waals surface area contributed by atoms with Crippen molar-refractivity contribution in [1.29, 1.82) is 0 Å². The van der Waals surface area contributed by atoms with Crippen molar-refractivity contribution in [3.8, 4) is 11.3 Å². The van der Waals surface area contributed by atoms with Gasteiger partial charge in [0.15, 0.2) is 11.6 Å². The second kappa shape index (κ2) is 6.80. The van der Waals surface area contributed by atoms with Crippen molar-refractivity contribution >= 4 is 5.82 Å². The lowest BCUT2D eigenvalue weighted by Crippen LogP contribution is -2.58. The lowest BCUT2D eigenvalue weighted by molar-refractivity contribution is 0.190. The molecule has 7 nitrogen and oxygen atoms in total. The first-order chi connectivity index (χ1) is 12.6.